The van der Waals surface area contributed by atoms with Crippen LogP contribution in [-0.2, 0) is 6.42 Å². The molecule has 0 bridgehead atoms. The largest absolute Gasteiger partial charge is 0.390 e. The van der Waals surface area contributed by atoms with Gasteiger partial charge in [0.2, 0.25) is 0 Å². The van der Waals surface area contributed by atoms with E-state index in [1.807, 2.05) is 17.5 Å². The molecule has 2 atom stereocenters. The van der Waals surface area contributed by atoms with Gasteiger partial charge in [-0.05, 0) is 17.9 Å². The van der Waals surface area contributed by atoms with E-state index in [2.05, 4.69) is 0 Å². The Morgan fingerprint density at radius 3 is 2.83 bits per heavy atom. The highest BCUT2D eigenvalue weighted by Gasteiger charge is 2.13. The summed E-state index contributed by atoms with van der Waals surface area (Å²) in [5.74, 6) is 0. The van der Waals surface area contributed by atoms with Gasteiger partial charge in [0, 0.05) is 17.5 Å². The van der Waals surface area contributed by atoms with Crippen molar-refractivity contribution >= 4 is 11.3 Å². The van der Waals surface area contributed by atoms with Crippen LogP contribution >= 0.6 is 11.3 Å². The average Bonchev–Trinajstić information content (AvgIpc) is 2.55. The molecule has 4 heteroatoms. The fraction of sp³-hybridized carbons (Fsp3) is 0.500. The Hall–Kier alpha value is -0.420. The summed E-state index contributed by atoms with van der Waals surface area (Å²) in [6, 6.07) is 3.74. The average molecular weight is 186 g/mol. The van der Waals surface area contributed by atoms with Crippen LogP contribution in [0.4, 0.5) is 0 Å². The van der Waals surface area contributed by atoms with Crippen LogP contribution < -0.4 is 11.5 Å². The number of hydrogen-bond acceptors (Lipinski definition) is 4. The number of aliphatic hydroxyl groups excluding tert-OH is 1. The maximum Gasteiger partial charge on any atom is 0.0816 e. The summed E-state index contributed by atoms with van der Waals surface area (Å²) < 4.78 is 0. The highest BCUT2D eigenvalue weighted by Crippen LogP contribution is 2.11. The van der Waals surface area contributed by atoms with Gasteiger partial charge in [0.1, 0.15) is 0 Å². The first-order valence-electron chi connectivity index (χ1n) is 3.90. The van der Waals surface area contributed by atoms with Crippen LogP contribution in [0, 0.1) is 0 Å². The minimum atomic E-state index is -0.591. The summed E-state index contributed by atoms with van der Waals surface area (Å²) in [6.45, 7) is 0.229. The lowest BCUT2D eigenvalue weighted by Gasteiger charge is -2.15. The quantitative estimate of drug-likeness (QED) is 0.616. The number of hydrogen-bond donors (Lipinski definition) is 3. The van der Waals surface area contributed by atoms with Crippen LogP contribution in [0.5, 0.6) is 0 Å². The van der Waals surface area contributed by atoms with Crippen LogP contribution in [0.25, 0.3) is 0 Å². The molecule has 1 aromatic heterocycles. The van der Waals surface area contributed by atoms with E-state index in [4.69, 9.17) is 11.5 Å². The molecule has 1 heterocycles. The minimum absolute atomic E-state index is 0.229. The Morgan fingerprint density at radius 1 is 1.58 bits per heavy atom. The van der Waals surface area contributed by atoms with Crippen molar-refractivity contribution in [1.82, 2.24) is 0 Å². The molecule has 0 radical (unpaired) electrons. The van der Waals surface area contributed by atoms with E-state index in [0.717, 1.165) is 0 Å². The van der Waals surface area contributed by atoms with Crippen molar-refractivity contribution in [2.45, 2.75) is 18.6 Å². The second-order valence-corrected chi connectivity index (χ2v) is 3.78. The van der Waals surface area contributed by atoms with Gasteiger partial charge in [0.05, 0.1) is 6.10 Å². The zero-order valence-corrected chi connectivity index (χ0v) is 7.63. The molecule has 0 saturated heterocycles. The molecule has 0 aliphatic carbocycles. The van der Waals surface area contributed by atoms with E-state index in [1.54, 1.807) is 11.3 Å². The van der Waals surface area contributed by atoms with E-state index in [-0.39, 0.29) is 12.6 Å². The van der Waals surface area contributed by atoms with E-state index >= 15 is 0 Å². The fourth-order valence-electron chi connectivity index (χ4n) is 0.972. The number of thiophene rings is 1. The monoisotopic (exact) mass is 186 g/mol. The Bertz CT molecular complexity index is 213. The van der Waals surface area contributed by atoms with Crippen LogP contribution in [0.2, 0.25) is 0 Å². The highest BCUT2D eigenvalue weighted by molar-refractivity contribution is 7.09. The molecule has 68 valence electrons. The third kappa shape index (κ3) is 2.57. The summed E-state index contributed by atoms with van der Waals surface area (Å²) in [5.41, 5.74) is 11.0. The van der Waals surface area contributed by atoms with Crippen molar-refractivity contribution in [2.75, 3.05) is 6.54 Å². The molecule has 0 aliphatic rings. The van der Waals surface area contributed by atoms with Gasteiger partial charge in [-0.3, -0.25) is 0 Å². The molecule has 5 N–H and O–H groups in total. The molecule has 12 heavy (non-hydrogen) atoms. The summed E-state index contributed by atoms with van der Waals surface area (Å²) in [6.07, 6.45) is 0.114. The van der Waals surface area contributed by atoms with Gasteiger partial charge in [-0.25, -0.2) is 0 Å². The summed E-state index contributed by atoms with van der Waals surface area (Å²) in [5, 5.41) is 11.3. The standard InChI is InChI=1S/C8H14N2OS/c9-5-8(11)7(10)4-6-2-1-3-12-6/h1-3,7-8,11H,4-5,9-10H2. The number of nitrogens with two attached hydrogens (primary N) is 2. The molecule has 3 nitrogen and oxygen atoms in total. The van der Waals surface area contributed by atoms with E-state index in [1.165, 1.54) is 4.88 Å². The molecule has 1 aromatic rings. The van der Waals surface area contributed by atoms with Crippen LogP contribution in [0.3, 0.4) is 0 Å². The van der Waals surface area contributed by atoms with Crippen molar-refractivity contribution in [3.8, 4) is 0 Å². The lowest BCUT2D eigenvalue weighted by atomic mass is 10.1. The lowest BCUT2D eigenvalue weighted by Crippen LogP contribution is -2.41. The topological polar surface area (TPSA) is 72.3 Å². The zero-order chi connectivity index (χ0) is 8.97. The predicted molar refractivity (Wildman–Crippen MR) is 51.1 cm³/mol. The van der Waals surface area contributed by atoms with Gasteiger partial charge in [-0.2, -0.15) is 0 Å². The summed E-state index contributed by atoms with van der Waals surface area (Å²) >= 11 is 1.65. The smallest absolute Gasteiger partial charge is 0.0816 e. The van der Waals surface area contributed by atoms with Crippen LogP contribution in [0.15, 0.2) is 17.5 Å². The Kier molecular flexibility index (Phi) is 3.68. The predicted octanol–water partition coefficient (Wildman–Crippen LogP) is -0.0625. The molecule has 0 aliphatic heterocycles. The van der Waals surface area contributed by atoms with Gasteiger partial charge >= 0.3 is 0 Å². The van der Waals surface area contributed by atoms with Crippen LogP contribution in [0.1, 0.15) is 4.88 Å². The zero-order valence-electron chi connectivity index (χ0n) is 6.81. The molecular formula is C8H14N2OS. The van der Waals surface area contributed by atoms with E-state index in [0.29, 0.717) is 6.42 Å². The highest BCUT2D eigenvalue weighted by atomic mass is 32.1. The molecule has 1 rings (SSSR count). The van der Waals surface area contributed by atoms with Gasteiger partial charge < -0.3 is 16.6 Å². The van der Waals surface area contributed by atoms with Crippen LogP contribution in [-0.4, -0.2) is 23.8 Å². The first-order chi connectivity index (χ1) is 5.74. The third-order valence-electron chi connectivity index (χ3n) is 1.75. The molecule has 0 fully saturated rings. The Morgan fingerprint density at radius 2 is 2.33 bits per heavy atom. The van der Waals surface area contributed by atoms with E-state index < -0.39 is 6.10 Å². The van der Waals surface area contributed by atoms with E-state index in [9.17, 15) is 5.11 Å². The van der Waals surface area contributed by atoms with Crippen molar-refractivity contribution in [3.05, 3.63) is 22.4 Å². The van der Waals surface area contributed by atoms with Gasteiger partial charge in [0.15, 0.2) is 0 Å². The second kappa shape index (κ2) is 4.57. The number of rotatable bonds is 4. The molecule has 0 amide bonds. The van der Waals surface area contributed by atoms with Crippen molar-refractivity contribution in [2.24, 2.45) is 11.5 Å². The molecule has 0 aromatic carbocycles. The Balaban J connectivity index is 2.41. The molecule has 2 unspecified atom stereocenters. The number of aliphatic hydroxyl groups is 1. The maximum absolute atomic E-state index is 9.28. The first kappa shape index (κ1) is 9.67. The van der Waals surface area contributed by atoms with Gasteiger partial charge in [0.25, 0.3) is 0 Å². The fourth-order valence-corrected chi connectivity index (χ4v) is 1.75. The SMILES string of the molecule is NCC(O)C(N)Cc1cccs1. The van der Waals surface area contributed by atoms with Crippen molar-refractivity contribution < 1.29 is 5.11 Å². The second-order valence-electron chi connectivity index (χ2n) is 2.75. The van der Waals surface area contributed by atoms with Crippen molar-refractivity contribution in [1.29, 1.82) is 0 Å². The van der Waals surface area contributed by atoms with Gasteiger partial charge in [-0.15, -0.1) is 11.3 Å². The summed E-state index contributed by atoms with van der Waals surface area (Å²) in [7, 11) is 0. The van der Waals surface area contributed by atoms with Crippen molar-refractivity contribution in [3.63, 3.8) is 0 Å². The third-order valence-corrected chi connectivity index (χ3v) is 2.65. The Labute approximate surface area is 76.0 Å². The van der Waals surface area contributed by atoms with Gasteiger partial charge in [-0.1, -0.05) is 6.07 Å². The minimum Gasteiger partial charge on any atom is -0.390 e. The molecule has 0 spiro atoms. The lowest BCUT2D eigenvalue weighted by molar-refractivity contribution is 0.152. The normalized spacial score (nSPS) is 15.9. The molecule has 0 saturated carbocycles. The molecular weight excluding hydrogens is 172 g/mol. The summed E-state index contributed by atoms with van der Waals surface area (Å²) in [4.78, 5) is 1.19. The first-order valence-corrected chi connectivity index (χ1v) is 4.78. The maximum atomic E-state index is 9.28.